The highest BCUT2D eigenvalue weighted by molar-refractivity contribution is 5.91. The predicted molar refractivity (Wildman–Crippen MR) is 110 cm³/mol. The van der Waals surface area contributed by atoms with Crippen LogP contribution in [0.2, 0.25) is 0 Å². The molecule has 4 rings (SSSR count). The first-order valence-corrected chi connectivity index (χ1v) is 9.51. The summed E-state index contributed by atoms with van der Waals surface area (Å²) < 4.78 is 0. The molecule has 1 unspecified atom stereocenters. The van der Waals surface area contributed by atoms with Crippen molar-refractivity contribution in [3.8, 4) is 17.1 Å². The van der Waals surface area contributed by atoms with Crippen molar-refractivity contribution in [2.45, 2.75) is 25.8 Å². The van der Waals surface area contributed by atoms with Gasteiger partial charge in [0.1, 0.15) is 11.6 Å². The highest BCUT2D eigenvalue weighted by Gasteiger charge is 2.24. The Morgan fingerprint density at radius 1 is 1.19 bits per heavy atom. The number of fused-ring (bicyclic) bond motifs is 1. The Kier molecular flexibility index (Phi) is 4.70. The van der Waals surface area contributed by atoms with Gasteiger partial charge in [0.25, 0.3) is 0 Å². The van der Waals surface area contributed by atoms with E-state index in [0.29, 0.717) is 17.4 Å². The SMILES string of the molecule is Cc1ccc2c(N(C)CC3CCCN3C)nc(-c3ccccc3O)nc2c1. The highest BCUT2D eigenvalue weighted by atomic mass is 16.3. The topological polar surface area (TPSA) is 52.5 Å². The molecule has 5 nitrogen and oxygen atoms in total. The maximum Gasteiger partial charge on any atom is 0.165 e. The summed E-state index contributed by atoms with van der Waals surface area (Å²) in [6, 6.07) is 14.1. The number of rotatable bonds is 4. The molecule has 1 aliphatic heterocycles. The maximum absolute atomic E-state index is 10.3. The zero-order chi connectivity index (χ0) is 19.0. The molecule has 0 amide bonds. The molecule has 0 radical (unpaired) electrons. The van der Waals surface area contributed by atoms with Gasteiger partial charge in [-0.05, 0) is 63.2 Å². The molecule has 1 fully saturated rings. The summed E-state index contributed by atoms with van der Waals surface area (Å²) in [4.78, 5) is 14.3. The molecular weight excluding hydrogens is 336 g/mol. The van der Waals surface area contributed by atoms with Crippen LogP contribution in [-0.4, -0.2) is 53.2 Å². The lowest BCUT2D eigenvalue weighted by Gasteiger charge is -2.27. The van der Waals surface area contributed by atoms with Crippen LogP contribution >= 0.6 is 0 Å². The van der Waals surface area contributed by atoms with Crippen molar-refractivity contribution in [3.05, 3.63) is 48.0 Å². The molecule has 0 saturated carbocycles. The zero-order valence-corrected chi connectivity index (χ0v) is 16.2. The monoisotopic (exact) mass is 362 g/mol. The summed E-state index contributed by atoms with van der Waals surface area (Å²) in [6.07, 6.45) is 2.47. The van der Waals surface area contributed by atoms with Gasteiger partial charge in [-0.1, -0.05) is 18.2 Å². The van der Waals surface area contributed by atoms with E-state index in [-0.39, 0.29) is 5.75 Å². The van der Waals surface area contributed by atoms with Gasteiger partial charge in [-0.15, -0.1) is 0 Å². The van der Waals surface area contributed by atoms with Crippen molar-refractivity contribution in [2.24, 2.45) is 0 Å². The molecule has 1 saturated heterocycles. The Labute approximate surface area is 160 Å². The maximum atomic E-state index is 10.3. The van der Waals surface area contributed by atoms with E-state index in [1.165, 1.54) is 12.8 Å². The highest BCUT2D eigenvalue weighted by Crippen LogP contribution is 2.32. The Morgan fingerprint density at radius 2 is 2.00 bits per heavy atom. The molecule has 27 heavy (non-hydrogen) atoms. The molecule has 2 aromatic carbocycles. The zero-order valence-electron chi connectivity index (χ0n) is 16.2. The number of hydrogen-bond donors (Lipinski definition) is 1. The Morgan fingerprint density at radius 3 is 2.74 bits per heavy atom. The molecule has 2 heterocycles. The van der Waals surface area contributed by atoms with E-state index in [1.54, 1.807) is 6.07 Å². The summed E-state index contributed by atoms with van der Waals surface area (Å²) in [5.41, 5.74) is 2.73. The van der Waals surface area contributed by atoms with E-state index in [2.05, 4.69) is 49.0 Å². The first kappa shape index (κ1) is 17.7. The summed E-state index contributed by atoms with van der Waals surface area (Å²) in [5.74, 6) is 1.68. The number of aryl methyl sites for hydroxylation is 1. The number of anilines is 1. The van der Waals surface area contributed by atoms with Gasteiger partial charge in [-0.25, -0.2) is 9.97 Å². The van der Waals surface area contributed by atoms with Crippen LogP contribution in [0, 0.1) is 6.92 Å². The van der Waals surface area contributed by atoms with Crippen LogP contribution in [0.4, 0.5) is 5.82 Å². The van der Waals surface area contributed by atoms with E-state index < -0.39 is 0 Å². The van der Waals surface area contributed by atoms with Gasteiger partial charge >= 0.3 is 0 Å². The van der Waals surface area contributed by atoms with E-state index >= 15 is 0 Å². The van der Waals surface area contributed by atoms with E-state index in [0.717, 1.165) is 35.4 Å². The first-order valence-electron chi connectivity index (χ1n) is 9.51. The molecule has 0 bridgehead atoms. The number of aromatic hydroxyl groups is 1. The second kappa shape index (κ2) is 7.16. The Bertz CT molecular complexity index is 972. The van der Waals surface area contributed by atoms with Gasteiger partial charge in [0.2, 0.25) is 0 Å². The molecule has 5 heteroatoms. The molecule has 3 aromatic rings. The van der Waals surface area contributed by atoms with Gasteiger partial charge in [-0.2, -0.15) is 0 Å². The number of likely N-dealkylation sites (tertiary alicyclic amines) is 1. The predicted octanol–water partition coefficient (Wildman–Crippen LogP) is 3.84. The summed E-state index contributed by atoms with van der Waals surface area (Å²) in [5, 5.41) is 11.3. The molecule has 140 valence electrons. The van der Waals surface area contributed by atoms with E-state index in [1.807, 2.05) is 18.2 Å². The van der Waals surface area contributed by atoms with Gasteiger partial charge in [-0.3, -0.25) is 0 Å². The number of hydrogen-bond acceptors (Lipinski definition) is 5. The van der Waals surface area contributed by atoms with E-state index in [9.17, 15) is 5.11 Å². The summed E-state index contributed by atoms with van der Waals surface area (Å²) in [6.45, 7) is 4.15. The average molecular weight is 362 g/mol. The van der Waals surface area contributed by atoms with Crippen molar-refractivity contribution in [1.29, 1.82) is 0 Å². The molecule has 1 atom stereocenters. The number of benzene rings is 2. The fraction of sp³-hybridized carbons (Fsp3) is 0.364. The van der Waals surface area contributed by atoms with E-state index in [4.69, 9.17) is 9.97 Å². The molecule has 0 aliphatic carbocycles. The van der Waals surface area contributed by atoms with Crippen LogP contribution in [0.15, 0.2) is 42.5 Å². The first-order chi connectivity index (χ1) is 13.0. The minimum absolute atomic E-state index is 0.202. The van der Waals surface area contributed by atoms with Gasteiger partial charge in [0.05, 0.1) is 11.1 Å². The molecule has 1 N–H and O–H groups in total. The smallest absolute Gasteiger partial charge is 0.165 e. The van der Waals surface area contributed by atoms with Crippen LogP contribution in [0.25, 0.3) is 22.3 Å². The molecule has 0 spiro atoms. The second-order valence-electron chi connectivity index (χ2n) is 7.57. The third-order valence-electron chi connectivity index (χ3n) is 5.49. The lowest BCUT2D eigenvalue weighted by molar-refractivity contribution is 0.314. The summed E-state index contributed by atoms with van der Waals surface area (Å²) >= 11 is 0. The van der Waals surface area contributed by atoms with Crippen LogP contribution in [0.5, 0.6) is 5.75 Å². The van der Waals surface area contributed by atoms with Crippen LogP contribution in [-0.2, 0) is 0 Å². The molecule has 1 aromatic heterocycles. The Hall–Kier alpha value is -2.66. The fourth-order valence-electron chi connectivity index (χ4n) is 3.91. The van der Waals surface area contributed by atoms with Gasteiger partial charge < -0.3 is 14.9 Å². The van der Waals surface area contributed by atoms with Gasteiger partial charge in [0, 0.05) is 25.0 Å². The number of phenols is 1. The average Bonchev–Trinajstić information content (AvgIpc) is 3.05. The third kappa shape index (κ3) is 3.47. The fourth-order valence-corrected chi connectivity index (χ4v) is 3.91. The minimum Gasteiger partial charge on any atom is -0.507 e. The largest absolute Gasteiger partial charge is 0.507 e. The minimum atomic E-state index is 0.202. The van der Waals surface area contributed by atoms with Crippen molar-refractivity contribution >= 4 is 16.7 Å². The normalized spacial score (nSPS) is 17.5. The van der Waals surface area contributed by atoms with Crippen molar-refractivity contribution in [3.63, 3.8) is 0 Å². The van der Waals surface area contributed by atoms with Crippen LogP contribution in [0.3, 0.4) is 0 Å². The van der Waals surface area contributed by atoms with Crippen molar-refractivity contribution in [2.75, 3.05) is 32.1 Å². The van der Waals surface area contributed by atoms with Crippen molar-refractivity contribution < 1.29 is 5.11 Å². The number of para-hydroxylation sites is 1. The second-order valence-corrected chi connectivity index (χ2v) is 7.57. The van der Waals surface area contributed by atoms with Gasteiger partial charge in [0.15, 0.2) is 5.82 Å². The molecule has 1 aliphatic rings. The summed E-state index contributed by atoms with van der Waals surface area (Å²) in [7, 11) is 4.29. The van der Waals surface area contributed by atoms with Crippen molar-refractivity contribution in [1.82, 2.24) is 14.9 Å². The quantitative estimate of drug-likeness (QED) is 0.764. The third-order valence-corrected chi connectivity index (χ3v) is 5.49. The lowest BCUT2D eigenvalue weighted by Crippen LogP contribution is -2.37. The number of aromatic nitrogens is 2. The van der Waals surface area contributed by atoms with Crippen LogP contribution < -0.4 is 4.90 Å². The molecular formula is C22H26N4O. The Balaban J connectivity index is 1.81. The number of likely N-dealkylation sites (N-methyl/N-ethyl adjacent to an activating group) is 2. The number of nitrogens with zero attached hydrogens (tertiary/aromatic N) is 4. The lowest BCUT2D eigenvalue weighted by atomic mass is 10.1. The standard InChI is InChI=1S/C22H26N4O/c1-15-10-11-17-19(13-15)23-21(18-8-4-5-9-20(18)27)24-22(17)26(3)14-16-7-6-12-25(16)2/h4-5,8-11,13,16,27H,6-7,12,14H2,1-3H3. The van der Waals surface area contributed by atoms with Crippen LogP contribution in [0.1, 0.15) is 18.4 Å². The number of phenolic OH excluding ortho intramolecular Hbond substituents is 1.